The van der Waals surface area contributed by atoms with Crippen molar-refractivity contribution in [3.05, 3.63) is 41.1 Å². The van der Waals surface area contributed by atoms with Crippen LogP contribution in [-0.2, 0) is 0 Å². The Morgan fingerprint density at radius 1 is 1.27 bits per heavy atom. The zero-order valence-electron chi connectivity index (χ0n) is 13.5. The molecule has 1 amide bonds. The van der Waals surface area contributed by atoms with Crippen molar-refractivity contribution >= 4 is 16.8 Å². The number of fused-ring (bicyclic) bond motifs is 1. The van der Waals surface area contributed by atoms with Gasteiger partial charge < -0.3 is 10.2 Å². The second kappa shape index (κ2) is 6.05. The summed E-state index contributed by atoms with van der Waals surface area (Å²) in [5.74, 6) is 0.431. The summed E-state index contributed by atoms with van der Waals surface area (Å²) < 4.78 is 0. The summed E-state index contributed by atoms with van der Waals surface area (Å²) in [4.78, 5) is 19.7. The molecule has 0 unspecified atom stereocenters. The molecule has 4 nitrogen and oxygen atoms in total. The van der Waals surface area contributed by atoms with Crippen LogP contribution in [0.5, 0.6) is 0 Å². The van der Waals surface area contributed by atoms with Crippen molar-refractivity contribution < 1.29 is 4.79 Å². The minimum Gasteiger partial charge on any atom is -0.336 e. The number of benzene rings is 1. The lowest BCUT2D eigenvalue weighted by Gasteiger charge is -2.28. The molecule has 1 aromatic carbocycles. The van der Waals surface area contributed by atoms with Crippen molar-refractivity contribution in [1.82, 2.24) is 15.2 Å². The third-order valence-corrected chi connectivity index (χ3v) is 4.29. The van der Waals surface area contributed by atoms with Gasteiger partial charge in [0.05, 0.1) is 11.1 Å². The van der Waals surface area contributed by atoms with E-state index in [1.807, 2.05) is 23.1 Å². The summed E-state index contributed by atoms with van der Waals surface area (Å²) in [6, 6.07) is 8.05. The number of hydrogen-bond acceptors (Lipinski definition) is 3. The van der Waals surface area contributed by atoms with E-state index >= 15 is 0 Å². The number of para-hydroxylation sites is 1. The molecule has 0 atom stereocenters. The number of nitrogens with one attached hydrogen (secondary N) is 1. The van der Waals surface area contributed by atoms with E-state index < -0.39 is 0 Å². The molecule has 1 saturated heterocycles. The number of piperazine rings is 1. The van der Waals surface area contributed by atoms with Gasteiger partial charge in [0.25, 0.3) is 5.91 Å². The fraction of sp³-hybridized carbons (Fsp3) is 0.444. The highest BCUT2D eigenvalue weighted by Crippen LogP contribution is 2.25. The predicted molar refractivity (Wildman–Crippen MR) is 89.3 cm³/mol. The zero-order valence-corrected chi connectivity index (χ0v) is 13.5. The number of carbonyl (C=O) groups is 1. The van der Waals surface area contributed by atoms with Crippen molar-refractivity contribution in [1.29, 1.82) is 0 Å². The third kappa shape index (κ3) is 2.71. The van der Waals surface area contributed by atoms with Crippen LogP contribution in [0.2, 0.25) is 0 Å². The number of carbonyl (C=O) groups excluding carboxylic acids is 1. The lowest BCUT2D eigenvalue weighted by atomic mass is 10.00. The smallest absolute Gasteiger partial charge is 0.254 e. The average Bonchev–Trinajstić information content (AvgIpc) is 2.54. The Morgan fingerprint density at radius 3 is 2.68 bits per heavy atom. The van der Waals surface area contributed by atoms with Gasteiger partial charge in [-0.1, -0.05) is 32.0 Å². The molecule has 22 heavy (non-hydrogen) atoms. The standard InChI is InChI=1S/C18H23N3O/c1-12(2)16-11-15(18(22)21-9-7-19-8-10-21)14-6-4-5-13(3)17(14)20-16/h4-6,11-12,19H,7-10H2,1-3H3. The van der Waals surface area contributed by atoms with Gasteiger partial charge in [-0.3, -0.25) is 9.78 Å². The Bertz CT molecular complexity index is 703. The molecular formula is C18H23N3O. The van der Waals surface area contributed by atoms with Crippen molar-refractivity contribution in [3.63, 3.8) is 0 Å². The Kier molecular flexibility index (Phi) is 4.12. The normalized spacial score (nSPS) is 15.5. The molecule has 116 valence electrons. The first kappa shape index (κ1) is 15.0. The molecule has 0 radical (unpaired) electrons. The molecule has 4 heteroatoms. The van der Waals surface area contributed by atoms with Gasteiger partial charge in [-0.25, -0.2) is 0 Å². The van der Waals surface area contributed by atoms with Gasteiger partial charge in [0.2, 0.25) is 0 Å². The van der Waals surface area contributed by atoms with E-state index in [0.717, 1.165) is 53.9 Å². The predicted octanol–water partition coefficient (Wildman–Crippen LogP) is 2.71. The van der Waals surface area contributed by atoms with Crippen LogP contribution in [0.25, 0.3) is 10.9 Å². The number of rotatable bonds is 2. The van der Waals surface area contributed by atoms with E-state index in [1.165, 1.54) is 0 Å². The highest BCUT2D eigenvalue weighted by Gasteiger charge is 2.21. The van der Waals surface area contributed by atoms with Crippen LogP contribution in [0.3, 0.4) is 0 Å². The van der Waals surface area contributed by atoms with Gasteiger partial charge in [-0.2, -0.15) is 0 Å². The van der Waals surface area contributed by atoms with Crippen molar-refractivity contribution in [3.8, 4) is 0 Å². The molecule has 1 aliphatic heterocycles. The van der Waals surface area contributed by atoms with Crippen molar-refractivity contribution in [2.24, 2.45) is 0 Å². The summed E-state index contributed by atoms with van der Waals surface area (Å²) in [7, 11) is 0. The van der Waals surface area contributed by atoms with E-state index in [2.05, 4.69) is 32.2 Å². The highest BCUT2D eigenvalue weighted by atomic mass is 16.2. The van der Waals surface area contributed by atoms with Gasteiger partial charge in [0.15, 0.2) is 0 Å². The summed E-state index contributed by atoms with van der Waals surface area (Å²) in [6.07, 6.45) is 0. The third-order valence-electron chi connectivity index (χ3n) is 4.29. The first-order chi connectivity index (χ1) is 10.6. The number of pyridine rings is 1. The fourth-order valence-electron chi connectivity index (χ4n) is 2.92. The minimum absolute atomic E-state index is 0.126. The maximum atomic E-state index is 13.0. The quantitative estimate of drug-likeness (QED) is 0.927. The Balaban J connectivity index is 2.14. The van der Waals surface area contributed by atoms with Gasteiger partial charge in [0, 0.05) is 37.3 Å². The van der Waals surface area contributed by atoms with Gasteiger partial charge in [-0.15, -0.1) is 0 Å². The first-order valence-corrected chi connectivity index (χ1v) is 7.98. The first-order valence-electron chi connectivity index (χ1n) is 7.98. The Morgan fingerprint density at radius 2 is 2.00 bits per heavy atom. The van der Waals surface area contributed by atoms with Crippen molar-refractivity contribution in [2.75, 3.05) is 26.2 Å². The number of aromatic nitrogens is 1. The maximum absolute atomic E-state index is 13.0. The van der Waals surface area contributed by atoms with E-state index in [1.54, 1.807) is 0 Å². The van der Waals surface area contributed by atoms with E-state index in [0.29, 0.717) is 5.92 Å². The summed E-state index contributed by atoms with van der Waals surface area (Å²) in [5.41, 5.74) is 3.85. The lowest BCUT2D eigenvalue weighted by Crippen LogP contribution is -2.46. The average molecular weight is 297 g/mol. The van der Waals surface area contributed by atoms with Crippen LogP contribution < -0.4 is 5.32 Å². The van der Waals surface area contributed by atoms with Crippen LogP contribution in [0.15, 0.2) is 24.3 Å². The summed E-state index contributed by atoms with van der Waals surface area (Å²) in [6.45, 7) is 9.56. The monoisotopic (exact) mass is 297 g/mol. The molecule has 3 rings (SSSR count). The number of hydrogen-bond donors (Lipinski definition) is 1. The van der Waals surface area contributed by atoms with E-state index in [4.69, 9.17) is 4.98 Å². The molecule has 1 aliphatic rings. The van der Waals surface area contributed by atoms with Crippen LogP contribution in [-0.4, -0.2) is 42.0 Å². The van der Waals surface area contributed by atoms with Crippen molar-refractivity contribution in [2.45, 2.75) is 26.7 Å². The fourth-order valence-corrected chi connectivity index (χ4v) is 2.92. The largest absolute Gasteiger partial charge is 0.336 e. The molecule has 0 aliphatic carbocycles. The second-order valence-electron chi connectivity index (χ2n) is 6.26. The summed E-state index contributed by atoms with van der Waals surface area (Å²) in [5, 5.41) is 4.26. The number of nitrogens with zero attached hydrogens (tertiary/aromatic N) is 2. The molecule has 1 N–H and O–H groups in total. The molecule has 2 heterocycles. The Hall–Kier alpha value is -1.94. The molecular weight excluding hydrogens is 274 g/mol. The molecule has 0 spiro atoms. The lowest BCUT2D eigenvalue weighted by molar-refractivity contribution is 0.0737. The molecule has 2 aromatic rings. The highest BCUT2D eigenvalue weighted by molar-refractivity contribution is 6.06. The van der Waals surface area contributed by atoms with Crippen LogP contribution in [0, 0.1) is 6.92 Å². The number of aryl methyl sites for hydroxylation is 1. The van der Waals surface area contributed by atoms with Gasteiger partial charge in [0.1, 0.15) is 0 Å². The Labute approximate surface area is 131 Å². The molecule has 1 aromatic heterocycles. The maximum Gasteiger partial charge on any atom is 0.254 e. The summed E-state index contributed by atoms with van der Waals surface area (Å²) >= 11 is 0. The molecule has 0 bridgehead atoms. The SMILES string of the molecule is Cc1cccc2c(C(=O)N3CCNCC3)cc(C(C)C)nc12. The van der Waals surface area contributed by atoms with Crippen LogP contribution >= 0.6 is 0 Å². The number of amides is 1. The van der Waals surface area contributed by atoms with E-state index in [9.17, 15) is 4.79 Å². The van der Waals surface area contributed by atoms with E-state index in [-0.39, 0.29) is 5.91 Å². The van der Waals surface area contributed by atoms with Gasteiger partial charge >= 0.3 is 0 Å². The topological polar surface area (TPSA) is 45.2 Å². The van der Waals surface area contributed by atoms with Crippen LogP contribution in [0.1, 0.15) is 41.4 Å². The van der Waals surface area contributed by atoms with Crippen LogP contribution in [0.4, 0.5) is 0 Å². The van der Waals surface area contributed by atoms with Gasteiger partial charge in [-0.05, 0) is 24.5 Å². The minimum atomic E-state index is 0.126. The molecule has 1 fully saturated rings. The zero-order chi connectivity index (χ0) is 15.7. The molecule has 0 saturated carbocycles. The second-order valence-corrected chi connectivity index (χ2v) is 6.26.